The van der Waals surface area contributed by atoms with Crippen molar-refractivity contribution < 1.29 is 8.42 Å². The molecule has 1 aliphatic heterocycles. The van der Waals surface area contributed by atoms with E-state index < -0.39 is 10.0 Å². The maximum atomic E-state index is 11.6. The molecule has 3 atom stereocenters. The second-order valence-corrected chi connectivity index (χ2v) is 6.31. The predicted octanol–water partition coefficient (Wildman–Crippen LogP) is 0.819. The molecule has 0 spiro atoms. The van der Waals surface area contributed by atoms with Crippen molar-refractivity contribution in [1.29, 1.82) is 0 Å². The third kappa shape index (κ3) is 0.941. The van der Waals surface area contributed by atoms with Crippen LogP contribution in [0.2, 0.25) is 0 Å². The van der Waals surface area contributed by atoms with Crippen molar-refractivity contribution in [2.24, 2.45) is 5.92 Å². The summed E-state index contributed by atoms with van der Waals surface area (Å²) in [4.78, 5) is 0. The zero-order valence-electron chi connectivity index (χ0n) is 7.53. The van der Waals surface area contributed by atoms with Gasteiger partial charge in [-0.2, -0.15) is 0 Å². The summed E-state index contributed by atoms with van der Waals surface area (Å²) in [6, 6.07) is 0.286. The average Bonchev–Trinajstić information content (AvgIpc) is 2.20. The molecule has 0 radical (unpaired) electrons. The first-order valence-corrected chi connectivity index (χ1v) is 6.00. The third-order valence-corrected chi connectivity index (χ3v) is 5.74. The monoisotopic (exact) mass is 189 g/mol. The Morgan fingerprint density at radius 3 is 2.58 bits per heavy atom. The summed E-state index contributed by atoms with van der Waals surface area (Å²) >= 11 is 0. The van der Waals surface area contributed by atoms with Crippen LogP contribution >= 0.6 is 0 Å². The zero-order chi connectivity index (χ0) is 8.93. The molecule has 0 aromatic rings. The lowest BCUT2D eigenvalue weighted by atomic mass is 9.86. The van der Waals surface area contributed by atoms with Gasteiger partial charge < -0.3 is 0 Å². The molecule has 70 valence electrons. The SMILES string of the molecule is CC1CCC2CC1N(C)S2(=O)=O. The topological polar surface area (TPSA) is 37.4 Å². The van der Waals surface area contributed by atoms with E-state index >= 15 is 0 Å². The highest BCUT2D eigenvalue weighted by Crippen LogP contribution is 2.39. The zero-order valence-corrected chi connectivity index (χ0v) is 8.34. The van der Waals surface area contributed by atoms with Crippen LogP contribution in [0.15, 0.2) is 0 Å². The first-order valence-electron chi connectivity index (χ1n) is 4.50. The van der Waals surface area contributed by atoms with E-state index in [1.54, 1.807) is 11.4 Å². The summed E-state index contributed by atoms with van der Waals surface area (Å²) in [7, 11) is -1.18. The Kier molecular flexibility index (Phi) is 1.74. The number of sulfonamides is 1. The highest BCUT2D eigenvalue weighted by atomic mass is 32.2. The van der Waals surface area contributed by atoms with Crippen molar-refractivity contribution in [3.05, 3.63) is 0 Å². The molecular weight excluding hydrogens is 174 g/mol. The minimum atomic E-state index is -2.90. The van der Waals surface area contributed by atoms with Gasteiger partial charge in [0.2, 0.25) is 10.0 Å². The molecule has 0 N–H and O–H groups in total. The molecule has 0 aromatic heterocycles. The van der Waals surface area contributed by atoms with Crippen LogP contribution < -0.4 is 0 Å². The van der Waals surface area contributed by atoms with Crippen molar-refractivity contribution in [3.63, 3.8) is 0 Å². The molecule has 1 saturated heterocycles. The lowest BCUT2D eigenvalue weighted by Crippen LogP contribution is -2.32. The van der Waals surface area contributed by atoms with E-state index in [0.29, 0.717) is 5.92 Å². The summed E-state index contributed by atoms with van der Waals surface area (Å²) in [5.74, 6) is 0.545. The number of hydrogen-bond acceptors (Lipinski definition) is 2. The molecule has 2 fully saturated rings. The Bertz CT molecular complexity index is 285. The van der Waals surface area contributed by atoms with Gasteiger partial charge in [-0.25, -0.2) is 12.7 Å². The minimum Gasteiger partial charge on any atom is -0.212 e. The fourth-order valence-electron chi connectivity index (χ4n) is 2.46. The Hall–Kier alpha value is -0.0900. The Morgan fingerprint density at radius 2 is 2.00 bits per heavy atom. The molecule has 2 bridgehead atoms. The van der Waals surface area contributed by atoms with Crippen LogP contribution in [-0.2, 0) is 10.0 Å². The molecule has 0 amide bonds. The van der Waals surface area contributed by atoms with Crippen LogP contribution in [0.25, 0.3) is 0 Å². The third-order valence-electron chi connectivity index (χ3n) is 3.39. The Labute approximate surface area is 73.8 Å². The first-order chi connectivity index (χ1) is 5.53. The largest absolute Gasteiger partial charge is 0.217 e. The van der Waals surface area contributed by atoms with Gasteiger partial charge in [-0.1, -0.05) is 6.92 Å². The maximum Gasteiger partial charge on any atom is 0.217 e. The summed E-state index contributed by atoms with van der Waals surface area (Å²) in [5.41, 5.74) is 0. The summed E-state index contributed by atoms with van der Waals surface area (Å²) in [5, 5.41) is -0.0660. The molecule has 3 nitrogen and oxygen atoms in total. The fraction of sp³-hybridized carbons (Fsp3) is 1.00. The second kappa shape index (κ2) is 2.45. The molecule has 2 rings (SSSR count). The van der Waals surface area contributed by atoms with Gasteiger partial charge in [0.1, 0.15) is 0 Å². The van der Waals surface area contributed by atoms with Gasteiger partial charge in [-0.15, -0.1) is 0 Å². The van der Waals surface area contributed by atoms with E-state index in [1.165, 1.54) is 0 Å². The summed E-state index contributed by atoms with van der Waals surface area (Å²) in [6.07, 6.45) is 2.79. The van der Waals surface area contributed by atoms with Gasteiger partial charge in [0, 0.05) is 13.1 Å². The van der Waals surface area contributed by atoms with Gasteiger partial charge in [-0.05, 0) is 25.2 Å². The van der Waals surface area contributed by atoms with Crippen molar-refractivity contribution in [1.82, 2.24) is 4.31 Å². The fourth-order valence-corrected chi connectivity index (χ4v) is 4.48. The van der Waals surface area contributed by atoms with Crippen LogP contribution in [0, 0.1) is 5.92 Å². The van der Waals surface area contributed by atoms with Crippen LogP contribution in [0.5, 0.6) is 0 Å². The van der Waals surface area contributed by atoms with E-state index in [9.17, 15) is 8.42 Å². The van der Waals surface area contributed by atoms with Crippen LogP contribution in [0.4, 0.5) is 0 Å². The van der Waals surface area contributed by atoms with E-state index in [2.05, 4.69) is 6.92 Å². The number of rotatable bonds is 0. The molecule has 1 saturated carbocycles. The molecule has 1 aliphatic carbocycles. The van der Waals surface area contributed by atoms with E-state index in [1.807, 2.05) is 0 Å². The van der Waals surface area contributed by atoms with Gasteiger partial charge >= 0.3 is 0 Å². The summed E-state index contributed by atoms with van der Waals surface area (Å²) < 4.78 is 24.9. The van der Waals surface area contributed by atoms with E-state index in [4.69, 9.17) is 0 Å². The highest BCUT2D eigenvalue weighted by Gasteiger charge is 2.48. The number of fused-ring (bicyclic) bond motifs is 2. The lowest BCUT2D eigenvalue weighted by Gasteiger charge is -2.25. The minimum absolute atomic E-state index is 0.0660. The molecule has 4 heteroatoms. The van der Waals surface area contributed by atoms with Crippen molar-refractivity contribution in [2.45, 2.75) is 37.5 Å². The molecule has 0 aromatic carbocycles. The molecule has 3 unspecified atom stereocenters. The molecule has 12 heavy (non-hydrogen) atoms. The van der Waals surface area contributed by atoms with E-state index in [-0.39, 0.29) is 11.3 Å². The molecule has 1 heterocycles. The summed E-state index contributed by atoms with van der Waals surface area (Å²) in [6.45, 7) is 2.15. The molecule has 2 aliphatic rings. The second-order valence-electron chi connectivity index (χ2n) is 4.04. The van der Waals surface area contributed by atoms with Crippen LogP contribution in [0.3, 0.4) is 0 Å². The van der Waals surface area contributed by atoms with Gasteiger partial charge in [0.15, 0.2) is 0 Å². The van der Waals surface area contributed by atoms with Crippen LogP contribution in [0.1, 0.15) is 26.2 Å². The van der Waals surface area contributed by atoms with Gasteiger partial charge in [0.25, 0.3) is 0 Å². The number of nitrogens with zero attached hydrogens (tertiary/aromatic N) is 1. The smallest absolute Gasteiger partial charge is 0.212 e. The Morgan fingerprint density at radius 1 is 1.33 bits per heavy atom. The van der Waals surface area contributed by atoms with Crippen LogP contribution in [-0.4, -0.2) is 31.1 Å². The quantitative estimate of drug-likeness (QED) is 0.565. The van der Waals surface area contributed by atoms with Crippen molar-refractivity contribution in [2.75, 3.05) is 7.05 Å². The first kappa shape index (κ1) is 8.51. The Balaban J connectivity index is 2.38. The van der Waals surface area contributed by atoms with Gasteiger partial charge in [0.05, 0.1) is 5.25 Å². The normalized spacial score (nSPS) is 46.3. The van der Waals surface area contributed by atoms with Gasteiger partial charge in [-0.3, -0.25) is 0 Å². The number of hydrogen-bond donors (Lipinski definition) is 0. The van der Waals surface area contributed by atoms with E-state index in [0.717, 1.165) is 19.3 Å². The van der Waals surface area contributed by atoms with Crippen molar-refractivity contribution >= 4 is 10.0 Å². The average molecular weight is 189 g/mol. The molecular formula is C8H15NO2S. The standard InChI is InChI=1S/C8H15NO2S/c1-6-3-4-7-5-8(6)9(2)12(7,10)11/h6-8H,3-5H2,1-2H3. The highest BCUT2D eigenvalue weighted by molar-refractivity contribution is 7.90. The van der Waals surface area contributed by atoms with Crippen molar-refractivity contribution in [3.8, 4) is 0 Å². The maximum absolute atomic E-state index is 11.6. The lowest BCUT2D eigenvalue weighted by molar-refractivity contribution is 0.255. The predicted molar refractivity (Wildman–Crippen MR) is 47.3 cm³/mol.